The average Bonchev–Trinajstić information content (AvgIpc) is 3.38. The van der Waals surface area contributed by atoms with Crippen LogP contribution in [0, 0.1) is 5.92 Å². The fourth-order valence-electron chi connectivity index (χ4n) is 2.15. The third-order valence-electron chi connectivity index (χ3n) is 3.69. The highest BCUT2D eigenvalue weighted by Crippen LogP contribution is 2.28. The largest absolute Gasteiger partial charge is 0.273 e. The lowest BCUT2D eigenvalue weighted by atomic mass is 10.2. The normalized spacial score (nSPS) is 14.6. The van der Waals surface area contributed by atoms with Crippen LogP contribution in [0.5, 0.6) is 0 Å². The van der Waals surface area contributed by atoms with Crippen LogP contribution >= 0.6 is 0 Å². The van der Waals surface area contributed by atoms with Crippen molar-refractivity contribution in [1.82, 2.24) is 15.2 Å². The van der Waals surface area contributed by atoms with E-state index in [9.17, 15) is 18.0 Å². The average molecular weight is 339 g/mol. The number of amides is 2. The van der Waals surface area contributed by atoms with Gasteiger partial charge in [-0.3, -0.25) is 20.4 Å². The van der Waals surface area contributed by atoms with Gasteiger partial charge in [0.05, 0.1) is 4.90 Å². The fraction of sp³-hybridized carbons (Fsp3) is 0.467. The van der Waals surface area contributed by atoms with Crippen molar-refractivity contribution in [3.63, 3.8) is 0 Å². The SMILES string of the molecule is CCN(CC)S(=O)(=O)c1cccc(C(=O)NNC(=O)C2CC2)c1. The van der Waals surface area contributed by atoms with Gasteiger partial charge in [0.2, 0.25) is 15.9 Å². The van der Waals surface area contributed by atoms with Gasteiger partial charge in [0.25, 0.3) is 5.91 Å². The van der Waals surface area contributed by atoms with E-state index in [1.807, 2.05) is 0 Å². The second kappa shape index (κ2) is 7.10. The molecular formula is C15H21N3O4S. The lowest BCUT2D eigenvalue weighted by molar-refractivity contribution is -0.123. The molecule has 0 aliphatic heterocycles. The van der Waals surface area contributed by atoms with Crippen molar-refractivity contribution in [2.24, 2.45) is 5.92 Å². The summed E-state index contributed by atoms with van der Waals surface area (Å²) in [7, 11) is -3.63. The van der Waals surface area contributed by atoms with Gasteiger partial charge in [-0.1, -0.05) is 19.9 Å². The summed E-state index contributed by atoms with van der Waals surface area (Å²) in [5, 5.41) is 0. The highest BCUT2D eigenvalue weighted by molar-refractivity contribution is 7.89. The molecule has 1 fully saturated rings. The number of rotatable bonds is 6. The van der Waals surface area contributed by atoms with Gasteiger partial charge in [0, 0.05) is 24.6 Å². The number of hydrogen-bond acceptors (Lipinski definition) is 4. The summed E-state index contributed by atoms with van der Waals surface area (Å²) in [6.07, 6.45) is 1.67. The Hall–Kier alpha value is -1.93. The molecule has 1 saturated carbocycles. The third-order valence-corrected chi connectivity index (χ3v) is 5.73. The number of nitrogens with one attached hydrogen (secondary N) is 2. The zero-order valence-electron chi connectivity index (χ0n) is 13.2. The lowest BCUT2D eigenvalue weighted by Crippen LogP contribution is -2.42. The highest BCUT2D eigenvalue weighted by Gasteiger charge is 2.30. The number of carbonyl (C=O) groups excluding carboxylic acids is 2. The Kier molecular flexibility index (Phi) is 5.38. The molecule has 1 aliphatic carbocycles. The molecule has 1 aromatic carbocycles. The highest BCUT2D eigenvalue weighted by atomic mass is 32.2. The Morgan fingerprint density at radius 2 is 1.83 bits per heavy atom. The maximum absolute atomic E-state index is 12.5. The summed E-state index contributed by atoms with van der Waals surface area (Å²) in [6.45, 7) is 4.22. The number of hydrogen-bond donors (Lipinski definition) is 2. The third kappa shape index (κ3) is 4.08. The van der Waals surface area contributed by atoms with Crippen LogP contribution in [0.25, 0.3) is 0 Å². The molecule has 1 aromatic rings. The first-order valence-electron chi connectivity index (χ1n) is 7.60. The van der Waals surface area contributed by atoms with Crippen molar-refractivity contribution < 1.29 is 18.0 Å². The van der Waals surface area contributed by atoms with Crippen molar-refractivity contribution in [2.45, 2.75) is 31.6 Å². The zero-order chi connectivity index (χ0) is 17.0. The molecule has 8 heteroatoms. The summed E-state index contributed by atoms with van der Waals surface area (Å²) in [4.78, 5) is 23.6. The molecule has 0 unspecified atom stereocenters. The molecule has 23 heavy (non-hydrogen) atoms. The molecule has 2 amide bonds. The van der Waals surface area contributed by atoms with Crippen molar-refractivity contribution in [3.8, 4) is 0 Å². The van der Waals surface area contributed by atoms with Gasteiger partial charge < -0.3 is 0 Å². The van der Waals surface area contributed by atoms with Crippen LogP contribution in [0.3, 0.4) is 0 Å². The number of hydrazine groups is 1. The maximum atomic E-state index is 12.5. The molecular weight excluding hydrogens is 318 g/mol. The molecule has 0 heterocycles. The number of nitrogens with zero attached hydrogens (tertiary/aromatic N) is 1. The Morgan fingerprint density at radius 1 is 1.17 bits per heavy atom. The monoisotopic (exact) mass is 339 g/mol. The Morgan fingerprint density at radius 3 is 2.39 bits per heavy atom. The predicted molar refractivity (Wildman–Crippen MR) is 84.9 cm³/mol. The van der Waals surface area contributed by atoms with E-state index in [1.165, 1.54) is 28.6 Å². The molecule has 0 bridgehead atoms. The maximum Gasteiger partial charge on any atom is 0.269 e. The second-order valence-corrected chi connectivity index (χ2v) is 7.27. The number of benzene rings is 1. The molecule has 0 radical (unpaired) electrons. The number of sulfonamides is 1. The minimum Gasteiger partial charge on any atom is -0.273 e. The zero-order valence-corrected chi connectivity index (χ0v) is 14.0. The first-order chi connectivity index (χ1) is 10.9. The van der Waals surface area contributed by atoms with Crippen LogP contribution in [0.2, 0.25) is 0 Å². The van der Waals surface area contributed by atoms with E-state index in [0.29, 0.717) is 13.1 Å². The van der Waals surface area contributed by atoms with Gasteiger partial charge in [-0.25, -0.2) is 8.42 Å². The number of carbonyl (C=O) groups is 2. The Bertz CT molecular complexity index is 694. The molecule has 126 valence electrons. The standard InChI is InChI=1S/C15H21N3O4S/c1-3-18(4-2)23(21,22)13-7-5-6-12(10-13)15(20)17-16-14(19)11-8-9-11/h5-7,10-11H,3-4,8-9H2,1-2H3,(H,16,19)(H,17,20). The van der Waals surface area contributed by atoms with E-state index >= 15 is 0 Å². The second-order valence-electron chi connectivity index (χ2n) is 5.33. The Balaban J connectivity index is 2.12. The van der Waals surface area contributed by atoms with Gasteiger partial charge in [0.15, 0.2) is 0 Å². The summed E-state index contributed by atoms with van der Waals surface area (Å²) in [5.74, 6) is -0.787. The molecule has 0 aromatic heterocycles. The molecule has 2 rings (SSSR count). The topological polar surface area (TPSA) is 95.6 Å². The van der Waals surface area contributed by atoms with Gasteiger partial charge in [-0.05, 0) is 31.0 Å². The van der Waals surface area contributed by atoms with Gasteiger partial charge >= 0.3 is 0 Å². The van der Waals surface area contributed by atoms with Crippen LogP contribution in [-0.4, -0.2) is 37.6 Å². The van der Waals surface area contributed by atoms with Crippen LogP contribution in [0.15, 0.2) is 29.2 Å². The smallest absolute Gasteiger partial charge is 0.269 e. The Labute approximate surface area is 136 Å². The molecule has 1 aliphatic rings. The predicted octanol–water partition coefficient (Wildman–Crippen LogP) is 0.888. The van der Waals surface area contributed by atoms with Crippen LogP contribution in [0.1, 0.15) is 37.0 Å². The first kappa shape index (κ1) is 17.4. The van der Waals surface area contributed by atoms with Crippen molar-refractivity contribution in [2.75, 3.05) is 13.1 Å². The summed E-state index contributed by atoms with van der Waals surface area (Å²) < 4.78 is 26.2. The van der Waals surface area contributed by atoms with E-state index in [-0.39, 0.29) is 22.3 Å². The van der Waals surface area contributed by atoms with Crippen LogP contribution in [0.4, 0.5) is 0 Å². The van der Waals surface area contributed by atoms with Gasteiger partial charge in [0.1, 0.15) is 0 Å². The molecule has 7 nitrogen and oxygen atoms in total. The van der Waals surface area contributed by atoms with E-state index in [0.717, 1.165) is 12.8 Å². The summed E-state index contributed by atoms with van der Waals surface area (Å²) >= 11 is 0. The van der Waals surface area contributed by atoms with E-state index in [2.05, 4.69) is 10.9 Å². The molecule has 0 saturated heterocycles. The van der Waals surface area contributed by atoms with E-state index in [4.69, 9.17) is 0 Å². The molecule has 0 spiro atoms. The van der Waals surface area contributed by atoms with Crippen molar-refractivity contribution in [3.05, 3.63) is 29.8 Å². The minimum absolute atomic E-state index is 0.0234. The van der Waals surface area contributed by atoms with Crippen LogP contribution < -0.4 is 10.9 Å². The summed E-state index contributed by atoms with van der Waals surface area (Å²) in [5.41, 5.74) is 4.83. The van der Waals surface area contributed by atoms with E-state index in [1.54, 1.807) is 13.8 Å². The molecule has 0 atom stereocenters. The van der Waals surface area contributed by atoms with Gasteiger partial charge in [-0.15, -0.1) is 0 Å². The van der Waals surface area contributed by atoms with Crippen molar-refractivity contribution in [1.29, 1.82) is 0 Å². The van der Waals surface area contributed by atoms with Crippen LogP contribution in [-0.2, 0) is 14.8 Å². The first-order valence-corrected chi connectivity index (χ1v) is 9.04. The quantitative estimate of drug-likeness (QED) is 0.752. The van der Waals surface area contributed by atoms with E-state index < -0.39 is 15.9 Å². The minimum atomic E-state index is -3.63. The fourth-order valence-corrected chi connectivity index (χ4v) is 3.65. The summed E-state index contributed by atoms with van der Waals surface area (Å²) in [6, 6.07) is 5.77. The van der Waals surface area contributed by atoms with Gasteiger partial charge in [-0.2, -0.15) is 4.31 Å². The van der Waals surface area contributed by atoms with Crippen molar-refractivity contribution >= 4 is 21.8 Å². The molecule has 2 N–H and O–H groups in total. The lowest BCUT2D eigenvalue weighted by Gasteiger charge is -2.18.